The van der Waals surface area contributed by atoms with Gasteiger partial charge in [-0.25, -0.2) is 13.2 Å². The number of hydrogen-bond acceptors (Lipinski definition) is 1. The SMILES string of the molecule is CNC(C)c1ccccc1C(F)C(F)F. The lowest BCUT2D eigenvalue weighted by atomic mass is 9.98. The van der Waals surface area contributed by atoms with Crippen molar-refractivity contribution >= 4 is 0 Å². The van der Waals surface area contributed by atoms with Crippen molar-refractivity contribution in [3.05, 3.63) is 35.4 Å². The van der Waals surface area contributed by atoms with Crippen molar-refractivity contribution in [3.8, 4) is 0 Å². The monoisotopic (exact) mass is 217 g/mol. The first-order valence-corrected chi connectivity index (χ1v) is 4.76. The van der Waals surface area contributed by atoms with Gasteiger partial charge in [0.15, 0.2) is 6.17 Å². The molecular formula is C11H14F3N. The summed E-state index contributed by atoms with van der Waals surface area (Å²) in [6.07, 6.45) is -5.19. The molecule has 0 fully saturated rings. The van der Waals surface area contributed by atoms with E-state index in [-0.39, 0.29) is 11.6 Å². The summed E-state index contributed by atoms with van der Waals surface area (Å²) in [6, 6.07) is 6.20. The van der Waals surface area contributed by atoms with Gasteiger partial charge in [0.25, 0.3) is 6.43 Å². The third kappa shape index (κ3) is 2.72. The molecule has 0 aliphatic carbocycles. The Morgan fingerprint density at radius 3 is 2.07 bits per heavy atom. The summed E-state index contributed by atoms with van der Waals surface area (Å²) < 4.78 is 37.8. The molecule has 0 amide bonds. The molecule has 0 aromatic heterocycles. The lowest BCUT2D eigenvalue weighted by molar-refractivity contribution is 0.0489. The van der Waals surface area contributed by atoms with Gasteiger partial charge in [-0.2, -0.15) is 0 Å². The summed E-state index contributed by atoms with van der Waals surface area (Å²) in [6.45, 7) is 1.80. The number of benzene rings is 1. The molecule has 0 spiro atoms. The van der Waals surface area contributed by atoms with Gasteiger partial charge in [-0.3, -0.25) is 0 Å². The van der Waals surface area contributed by atoms with Crippen LogP contribution in [0.5, 0.6) is 0 Å². The van der Waals surface area contributed by atoms with E-state index in [4.69, 9.17) is 0 Å². The fourth-order valence-electron chi connectivity index (χ4n) is 1.45. The third-order valence-electron chi connectivity index (χ3n) is 2.41. The fraction of sp³-hybridized carbons (Fsp3) is 0.455. The summed E-state index contributed by atoms with van der Waals surface area (Å²) in [5, 5.41) is 2.90. The highest BCUT2D eigenvalue weighted by Gasteiger charge is 2.24. The highest BCUT2D eigenvalue weighted by Crippen LogP contribution is 2.30. The first-order valence-electron chi connectivity index (χ1n) is 4.76. The molecule has 2 unspecified atom stereocenters. The van der Waals surface area contributed by atoms with E-state index in [2.05, 4.69) is 5.32 Å². The van der Waals surface area contributed by atoms with Crippen LogP contribution >= 0.6 is 0 Å². The van der Waals surface area contributed by atoms with E-state index in [1.807, 2.05) is 0 Å². The molecule has 2 atom stereocenters. The molecule has 0 saturated heterocycles. The van der Waals surface area contributed by atoms with Crippen molar-refractivity contribution in [1.82, 2.24) is 5.32 Å². The topological polar surface area (TPSA) is 12.0 Å². The standard InChI is InChI=1S/C11H14F3N/c1-7(15-2)8-5-3-4-6-9(8)10(12)11(13)14/h3-7,10-11,15H,1-2H3. The van der Waals surface area contributed by atoms with Crippen molar-refractivity contribution in [2.45, 2.75) is 25.6 Å². The summed E-state index contributed by atoms with van der Waals surface area (Å²) in [5.74, 6) is 0. The largest absolute Gasteiger partial charge is 0.313 e. The van der Waals surface area contributed by atoms with Crippen LogP contribution < -0.4 is 5.32 Å². The second-order valence-corrected chi connectivity index (χ2v) is 3.38. The Bertz CT molecular complexity index is 314. The van der Waals surface area contributed by atoms with Gasteiger partial charge in [-0.15, -0.1) is 0 Å². The molecule has 0 bridgehead atoms. The highest BCUT2D eigenvalue weighted by atomic mass is 19.3. The minimum atomic E-state index is -2.98. The zero-order valence-electron chi connectivity index (χ0n) is 8.68. The van der Waals surface area contributed by atoms with Gasteiger partial charge in [0, 0.05) is 6.04 Å². The van der Waals surface area contributed by atoms with Crippen molar-refractivity contribution in [1.29, 1.82) is 0 Å². The van der Waals surface area contributed by atoms with Gasteiger partial charge in [0.1, 0.15) is 0 Å². The minimum absolute atomic E-state index is 0.0642. The lowest BCUT2D eigenvalue weighted by Gasteiger charge is -2.17. The van der Waals surface area contributed by atoms with E-state index in [9.17, 15) is 13.2 Å². The van der Waals surface area contributed by atoms with Crippen molar-refractivity contribution < 1.29 is 13.2 Å². The Labute approximate surface area is 87.3 Å². The Morgan fingerprint density at radius 2 is 1.60 bits per heavy atom. The average molecular weight is 217 g/mol. The molecule has 1 aromatic rings. The van der Waals surface area contributed by atoms with Gasteiger partial charge in [-0.05, 0) is 25.1 Å². The van der Waals surface area contributed by atoms with E-state index >= 15 is 0 Å². The molecular weight excluding hydrogens is 203 g/mol. The predicted molar refractivity (Wildman–Crippen MR) is 53.8 cm³/mol. The minimum Gasteiger partial charge on any atom is -0.313 e. The van der Waals surface area contributed by atoms with Crippen LogP contribution in [0, 0.1) is 0 Å². The van der Waals surface area contributed by atoms with Crippen LogP contribution in [0.25, 0.3) is 0 Å². The second kappa shape index (κ2) is 5.16. The molecule has 0 heterocycles. The summed E-state index contributed by atoms with van der Waals surface area (Å²) in [5.41, 5.74) is 0.641. The predicted octanol–water partition coefficient (Wildman–Crippen LogP) is 3.24. The number of rotatable bonds is 4. The number of halogens is 3. The zero-order valence-corrected chi connectivity index (χ0v) is 8.68. The zero-order chi connectivity index (χ0) is 11.4. The van der Waals surface area contributed by atoms with E-state index in [1.165, 1.54) is 6.07 Å². The Balaban J connectivity index is 3.06. The Morgan fingerprint density at radius 1 is 1.07 bits per heavy atom. The van der Waals surface area contributed by atoms with Crippen LogP contribution in [0.1, 0.15) is 30.3 Å². The molecule has 1 aromatic carbocycles. The molecule has 0 aliphatic rings. The maximum absolute atomic E-state index is 13.2. The Kier molecular flexibility index (Phi) is 4.15. The summed E-state index contributed by atoms with van der Waals surface area (Å²) in [4.78, 5) is 0. The molecule has 0 aliphatic heterocycles. The van der Waals surface area contributed by atoms with E-state index in [0.717, 1.165) is 0 Å². The molecule has 1 N–H and O–H groups in total. The smallest absolute Gasteiger partial charge is 0.273 e. The quantitative estimate of drug-likeness (QED) is 0.816. The molecule has 1 nitrogen and oxygen atoms in total. The van der Waals surface area contributed by atoms with Gasteiger partial charge in [0.05, 0.1) is 0 Å². The van der Waals surface area contributed by atoms with Gasteiger partial charge < -0.3 is 5.32 Å². The Hall–Kier alpha value is -1.03. The summed E-state index contributed by atoms with van der Waals surface area (Å²) in [7, 11) is 1.71. The molecule has 15 heavy (non-hydrogen) atoms. The fourth-order valence-corrected chi connectivity index (χ4v) is 1.45. The van der Waals surface area contributed by atoms with Crippen LogP contribution in [0.15, 0.2) is 24.3 Å². The van der Waals surface area contributed by atoms with E-state index in [0.29, 0.717) is 5.56 Å². The van der Waals surface area contributed by atoms with Crippen molar-refractivity contribution in [2.75, 3.05) is 7.05 Å². The first-order chi connectivity index (χ1) is 7.07. The molecule has 0 radical (unpaired) electrons. The summed E-state index contributed by atoms with van der Waals surface area (Å²) >= 11 is 0. The highest BCUT2D eigenvalue weighted by molar-refractivity contribution is 5.31. The van der Waals surface area contributed by atoms with E-state index < -0.39 is 12.6 Å². The maximum atomic E-state index is 13.2. The van der Waals surface area contributed by atoms with Crippen LogP contribution in [-0.4, -0.2) is 13.5 Å². The molecule has 1 rings (SSSR count). The number of hydrogen-bond donors (Lipinski definition) is 1. The number of alkyl halides is 3. The van der Waals surface area contributed by atoms with Gasteiger partial charge in [-0.1, -0.05) is 24.3 Å². The van der Waals surface area contributed by atoms with Gasteiger partial charge >= 0.3 is 0 Å². The maximum Gasteiger partial charge on any atom is 0.273 e. The third-order valence-corrected chi connectivity index (χ3v) is 2.41. The number of nitrogens with one attached hydrogen (secondary N) is 1. The van der Waals surface area contributed by atoms with E-state index in [1.54, 1.807) is 32.2 Å². The average Bonchev–Trinajstić information content (AvgIpc) is 2.27. The van der Waals surface area contributed by atoms with Crippen molar-refractivity contribution in [2.24, 2.45) is 0 Å². The van der Waals surface area contributed by atoms with Crippen LogP contribution in [0.3, 0.4) is 0 Å². The first kappa shape index (κ1) is 12.0. The normalized spacial score (nSPS) is 15.3. The van der Waals surface area contributed by atoms with Crippen LogP contribution in [0.2, 0.25) is 0 Å². The molecule has 4 heteroatoms. The molecule has 84 valence electrons. The van der Waals surface area contributed by atoms with Crippen molar-refractivity contribution in [3.63, 3.8) is 0 Å². The van der Waals surface area contributed by atoms with Gasteiger partial charge in [0.2, 0.25) is 0 Å². The van der Waals surface area contributed by atoms with Crippen LogP contribution in [0.4, 0.5) is 13.2 Å². The lowest BCUT2D eigenvalue weighted by Crippen LogP contribution is -2.16. The molecule has 0 saturated carbocycles. The second-order valence-electron chi connectivity index (χ2n) is 3.38. The van der Waals surface area contributed by atoms with Crippen LogP contribution in [-0.2, 0) is 0 Å².